The number of ether oxygens (including phenoxy) is 2. The van der Waals surface area contributed by atoms with Crippen molar-refractivity contribution in [2.75, 3.05) is 6.61 Å². The number of benzene rings is 2. The molecule has 1 saturated heterocycles. The number of carbonyl (C=O) groups is 1. The van der Waals surface area contributed by atoms with Gasteiger partial charge in [-0.15, -0.1) is 0 Å². The molecule has 2 unspecified atom stereocenters. The first-order valence-corrected chi connectivity index (χ1v) is 10.7. The summed E-state index contributed by atoms with van der Waals surface area (Å²) < 4.78 is 11.2. The average Bonchev–Trinajstić information content (AvgIpc) is 3.33. The minimum atomic E-state index is -0.171. The smallest absolute Gasteiger partial charge is 0.410 e. The lowest BCUT2D eigenvalue weighted by Crippen LogP contribution is -2.43. The predicted molar refractivity (Wildman–Crippen MR) is 112 cm³/mol. The lowest BCUT2D eigenvalue weighted by Gasteiger charge is -2.33. The third-order valence-electron chi connectivity index (χ3n) is 6.38. The van der Waals surface area contributed by atoms with E-state index in [1.807, 2.05) is 35.2 Å². The fourth-order valence-electron chi connectivity index (χ4n) is 4.88. The van der Waals surface area contributed by atoms with Gasteiger partial charge in [0.05, 0.1) is 12.6 Å². The van der Waals surface area contributed by atoms with Gasteiger partial charge in [0.25, 0.3) is 0 Å². The Morgan fingerprint density at radius 3 is 2.83 bits per heavy atom. The quantitative estimate of drug-likeness (QED) is 0.672. The molecule has 3 heterocycles. The van der Waals surface area contributed by atoms with Crippen LogP contribution in [-0.4, -0.2) is 29.7 Å². The van der Waals surface area contributed by atoms with Gasteiger partial charge in [0.1, 0.15) is 12.4 Å². The summed E-state index contributed by atoms with van der Waals surface area (Å²) >= 11 is 0. The molecule has 1 fully saturated rings. The molecular formula is C25H27NO3. The first kappa shape index (κ1) is 18.3. The molecule has 5 rings (SSSR count). The summed E-state index contributed by atoms with van der Waals surface area (Å²) in [5.74, 6) is 1.05. The molecule has 2 aromatic rings. The van der Waals surface area contributed by atoms with Crippen molar-refractivity contribution < 1.29 is 14.3 Å². The first-order chi connectivity index (χ1) is 14.3. The highest BCUT2D eigenvalue weighted by Crippen LogP contribution is 2.37. The van der Waals surface area contributed by atoms with Gasteiger partial charge in [-0.1, -0.05) is 54.1 Å². The molecule has 2 bridgehead atoms. The lowest BCUT2D eigenvalue weighted by molar-refractivity contribution is 0.0815. The largest absolute Gasteiger partial charge is 0.493 e. The Morgan fingerprint density at radius 1 is 1.07 bits per heavy atom. The molecule has 0 N–H and O–H groups in total. The molecule has 3 aliphatic rings. The van der Waals surface area contributed by atoms with Crippen molar-refractivity contribution in [1.82, 2.24) is 4.90 Å². The summed E-state index contributed by atoms with van der Waals surface area (Å²) in [6, 6.07) is 17.0. The van der Waals surface area contributed by atoms with Gasteiger partial charge < -0.3 is 9.47 Å². The van der Waals surface area contributed by atoms with Crippen molar-refractivity contribution in [3.05, 3.63) is 76.9 Å². The zero-order valence-electron chi connectivity index (χ0n) is 16.7. The number of nitrogens with zero attached hydrogens (tertiary/aromatic N) is 1. The second kappa shape index (κ2) is 7.94. The Morgan fingerprint density at radius 2 is 1.97 bits per heavy atom. The minimum absolute atomic E-state index is 0.171. The predicted octanol–water partition coefficient (Wildman–Crippen LogP) is 5.05. The van der Waals surface area contributed by atoms with Crippen molar-refractivity contribution in [1.29, 1.82) is 0 Å². The topological polar surface area (TPSA) is 38.8 Å². The lowest BCUT2D eigenvalue weighted by atomic mass is 9.95. The van der Waals surface area contributed by atoms with Gasteiger partial charge in [0.15, 0.2) is 0 Å². The Balaban J connectivity index is 1.19. The van der Waals surface area contributed by atoms with Crippen LogP contribution >= 0.6 is 0 Å². The Kier molecular flexibility index (Phi) is 5.01. The summed E-state index contributed by atoms with van der Waals surface area (Å²) in [7, 11) is 0. The van der Waals surface area contributed by atoms with E-state index in [1.54, 1.807) is 0 Å². The van der Waals surface area contributed by atoms with E-state index >= 15 is 0 Å². The van der Waals surface area contributed by atoms with E-state index in [2.05, 4.69) is 24.3 Å². The van der Waals surface area contributed by atoms with Crippen molar-refractivity contribution in [3.8, 4) is 5.75 Å². The Bertz CT molecular complexity index is 921. The van der Waals surface area contributed by atoms with Crippen LogP contribution in [0.3, 0.4) is 0 Å². The molecule has 0 saturated carbocycles. The van der Waals surface area contributed by atoms with Gasteiger partial charge in [-0.2, -0.15) is 0 Å². The zero-order chi connectivity index (χ0) is 19.6. The maximum absolute atomic E-state index is 12.7. The van der Waals surface area contributed by atoms with E-state index in [1.165, 1.54) is 16.7 Å². The van der Waals surface area contributed by atoms with Crippen LogP contribution in [0.15, 0.2) is 60.2 Å². The summed E-state index contributed by atoms with van der Waals surface area (Å²) in [6.45, 7) is 1.15. The van der Waals surface area contributed by atoms with E-state index < -0.39 is 0 Å². The maximum Gasteiger partial charge on any atom is 0.410 e. The van der Waals surface area contributed by atoms with Crippen LogP contribution in [0.1, 0.15) is 42.4 Å². The molecule has 3 aliphatic heterocycles. The zero-order valence-corrected chi connectivity index (χ0v) is 16.7. The number of carbonyl (C=O) groups excluding carboxylic acids is 1. The summed E-state index contributed by atoms with van der Waals surface area (Å²) in [5.41, 5.74) is 5.24. The van der Waals surface area contributed by atoms with E-state index in [4.69, 9.17) is 9.47 Å². The van der Waals surface area contributed by atoms with E-state index in [-0.39, 0.29) is 18.2 Å². The summed E-state index contributed by atoms with van der Waals surface area (Å²) in [5, 5.41) is 0. The number of hydrogen-bond donors (Lipinski definition) is 0. The maximum atomic E-state index is 12.7. The van der Waals surface area contributed by atoms with Gasteiger partial charge in [-0.25, -0.2) is 4.79 Å². The van der Waals surface area contributed by atoms with Gasteiger partial charge >= 0.3 is 6.09 Å². The number of aryl methyl sites for hydroxylation is 1. The van der Waals surface area contributed by atoms with Gasteiger partial charge in [0, 0.05) is 12.5 Å². The highest BCUT2D eigenvalue weighted by atomic mass is 16.6. The first-order valence-electron chi connectivity index (χ1n) is 10.7. The minimum Gasteiger partial charge on any atom is -0.493 e. The van der Waals surface area contributed by atoms with Gasteiger partial charge in [-0.3, -0.25) is 4.90 Å². The summed E-state index contributed by atoms with van der Waals surface area (Å²) in [4.78, 5) is 14.7. The Hall–Kier alpha value is -2.75. The highest BCUT2D eigenvalue weighted by Gasteiger charge is 2.40. The molecule has 150 valence electrons. The molecule has 0 spiro atoms. The fraction of sp³-hybridized carbons (Fsp3) is 0.400. The number of amides is 1. The average molecular weight is 389 g/mol. The van der Waals surface area contributed by atoms with Crippen LogP contribution in [0.25, 0.3) is 0 Å². The molecule has 2 atom stereocenters. The molecule has 1 amide bonds. The number of hydrogen-bond acceptors (Lipinski definition) is 3. The molecule has 2 aromatic carbocycles. The van der Waals surface area contributed by atoms with E-state index in [0.717, 1.165) is 56.4 Å². The van der Waals surface area contributed by atoms with Crippen LogP contribution in [0.4, 0.5) is 4.79 Å². The molecular weight excluding hydrogens is 362 g/mol. The van der Waals surface area contributed by atoms with Crippen LogP contribution in [0.5, 0.6) is 5.75 Å². The van der Waals surface area contributed by atoms with E-state index in [9.17, 15) is 4.79 Å². The van der Waals surface area contributed by atoms with Crippen LogP contribution in [0.2, 0.25) is 0 Å². The monoisotopic (exact) mass is 389 g/mol. The van der Waals surface area contributed by atoms with Crippen molar-refractivity contribution in [2.45, 2.75) is 57.2 Å². The molecule has 4 heteroatoms. The highest BCUT2D eigenvalue weighted by molar-refractivity contribution is 5.70. The molecule has 0 aromatic heterocycles. The molecule has 4 nitrogen and oxygen atoms in total. The third-order valence-corrected chi connectivity index (χ3v) is 6.38. The fourth-order valence-corrected chi connectivity index (χ4v) is 4.88. The number of fused-ring (bicyclic) bond motifs is 3. The normalized spacial score (nSPS) is 22.1. The second-order valence-electron chi connectivity index (χ2n) is 8.32. The molecule has 0 aliphatic carbocycles. The van der Waals surface area contributed by atoms with Crippen molar-refractivity contribution in [2.24, 2.45) is 0 Å². The van der Waals surface area contributed by atoms with Gasteiger partial charge in [-0.05, 0) is 54.9 Å². The van der Waals surface area contributed by atoms with Crippen LogP contribution in [0, 0.1) is 0 Å². The van der Waals surface area contributed by atoms with Crippen LogP contribution < -0.4 is 4.74 Å². The molecule has 29 heavy (non-hydrogen) atoms. The van der Waals surface area contributed by atoms with Crippen LogP contribution in [-0.2, 0) is 24.2 Å². The SMILES string of the molecule is O=C(OCc1ccccc1)N1C2C=C(CCc3ccc4c(c3)CCO4)CC1CC2. The summed E-state index contributed by atoms with van der Waals surface area (Å²) in [6.07, 6.45) is 8.39. The van der Waals surface area contributed by atoms with E-state index in [0.29, 0.717) is 6.61 Å². The standard InChI is InChI=1S/C25H27NO3/c27-25(29-17-19-4-2-1-3-5-19)26-22-9-10-23(26)16-20(15-22)7-6-18-8-11-24-21(14-18)12-13-28-24/h1-5,8,11,14-15,22-23H,6-7,9-10,12-13,16-17H2. The third kappa shape index (κ3) is 3.89. The van der Waals surface area contributed by atoms with Crippen molar-refractivity contribution >= 4 is 6.09 Å². The van der Waals surface area contributed by atoms with Gasteiger partial charge in [0.2, 0.25) is 0 Å². The Labute approximate surface area is 172 Å². The second-order valence-corrected chi connectivity index (χ2v) is 8.32. The number of rotatable bonds is 5. The molecule has 0 radical (unpaired) electrons. The van der Waals surface area contributed by atoms with Crippen molar-refractivity contribution in [3.63, 3.8) is 0 Å².